The van der Waals surface area contributed by atoms with Gasteiger partial charge in [0.25, 0.3) is 0 Å². The fourth-order valence-electron chi connectivity index (χ4n) is 1.44. The molecule has 0 amide bonds. The van der Waals surface area contributed by atoms with E-state index in [2.05, 4.69) is 12.2 Å². The van der Waals surface area contributed by atoms with Gasteiger partial charge in [0.05, 0.1) is 11.4 Å². The van der Waals surface area contributed by atoms with E-state index in [1.165, 1.54) is 6.07 Å². The van der Waals surface area contributed by atoms with Crippen LogP contribution in [-0.2, 0) is 0 Å². The molecule has 0 saturated heterocycles. The molecular formula is C11H14F2N2. The second-order valence-corrected chi connectivity index (χ2v) is 4.49. The first kappa shape index (κ1) is 10.2. The van der Waals surface area contributed by atoms with Crippen LogP contribution < -0.4 is 11.1 Å². The third kappa shape index (κ3) is 2.03. The molecule has 15 heavy (non-hydrogen) atoms. The summed E-state index contributed by atoms with van der Waals surface area (Å²) in [5.41, 5.74) is 6.13. The summed E-state index contributed by atoms with van der Waals surface area (Å²) in [5, 5.41) is 2.88. The molecule has 0 unspecified atom stereocenters. The van der Waals surface area contributed by atoms with Gasteiger partial charge >= 0.3 is 0 Å². The van der Waals surface area contributed by atoms with Crippen molar-refractivity contribution in [1.82, 2.24) is 0 Å². The van der Waals surface area contributed by atoms with E-state index in [1.54, 1.807) is 0 Å². The lowest BCUT2D eigenvalue weighted by Gasteiger charge is -2.14. The number of hydrogen-bond donors (Lipinski definition) is 2. The Morgan fingerprint density at radius 2 is 2.07 bits per heavy atom. The van der Waals surface area contributed by atoms with E-state index < -0.39 is 11.6 Å². The van der Waals surface area contributed by atoms with Gasteiger partial charge in [0.15, 0.2) is 11.6 Å². The number of anilines is 2. The molecule has 0 bridgehead atoms. The summed E-state index contributed by atoms with van der Waals surface area (Å²) in [4.78, 5) is 0. The van der Waals surface area contributed by atoms with Crippen LogP contribution in [0.3, 0.4) is 0 Å². The number of nitrogens with one attached hydrogen (secondary N) is 1. The van der Waals surface area contributed by atoms with Crippen LogP contribution in [0.15, 0.2) is 12.1 Å². The number of benzene rings is 1. The predicted octanol–water partition coefficient (Wildman–Crippen LogP) is 2.76. The molecule has 2 nitrogen and oxygen atoms in total. The topological polar surface area (TPSA) is 38.0 Å². The standard InChI is InChI=1S/C11H14F2N2/c1-11(4-5-11)6-15-10-8(14)3-2-7(12)9(10)13/h2-3,15H,4-6,14H2,1H3. The highest BCUT2D eigenvalue weighted by Crippen LogP contribution is 2.45. The predicted molar refractivity (Wildman–Crippen MR) is 56.6 cm³/mol. The summed E-state index contributed by atoms with van der Waals surface area (Å²) < 4.78 is 26.3. The van der Waals surface area contributed by atoms with Gasteiger partial charge in [-0.05, 0) is 30.4 Å². The minimum Gasteiger partial charge on any atom is -0.397 e. The number of rotatable bonds is 3. The van der Waals surface area contributed by atoms with Gasteiger partial charge in [-0.15, -0.1) is 0 Å². The monoisotopic (exact) mass is 212 g/mol. The minimum atomic E-state index is -0.890. The molecule has 1 aromatic carbocycles. The van der Waals surface area contributed by atoms with Crippen molar-refractivity contribution in [3.63, 3.8) is 0 Å². The molecule has 1 aliphatic carbocycles. The van der Waals surface area contributed by atoms with E-state index in [1.807, 2.05) is 0 Å². The highest BCUT2D eigenvalue weighted by atomic mass is 19.2. The molecular weight excluding hydrogens is 198 g/mol. The lowest BCUT2D eigenvalue weighted by Crippen LogP contribution is -2.14. The highest BCUT2D eigenvalue weighted by molar-refractivity contribution is 5.66. The number of nitrogens with two attached hydrogens (primary N) is 1. The maximum Gasteiger partial charge on any atom is 0.183 e. The number of hydrogen-bond acceptors (Lipinski definition) is 2. The lowest BCUT2D eigenvalue weighted by atomic mass is 10.1. The fraction of sp³-hybridized carbons (Fsp3) is 0.455. The fourth-order valence-corrected chi connectivity index (χ4v) is 1.44. The van der Waals surface area contributed by atoms with Gasteiger partial charge in [0.1, 0.15) is 0 Å². The molecule has 0 aromatic heterocycles. The Balaban J connectivity index is 2.16. The third-order valence-corrected chi connectivity index (χ3v) is 2.92. The Morgan fingerprint density at radius 1 is 1.40 bits per heavy atom. The molecule has 3 N–H and O–H groups in total. The molecule has 0 heterocycles. The molecule has 1 fully saturated rings. The maximum absolute atomic E-state index is 13.3. The summed E-state index contributed by atoms with van der Waals surface area (Å²) in [5.74, 6) is -1.76. The van der Waals surface area contributed by atoms with Crippen molar-refractivity contribution in [3.8, 4) is 0 Å². The van der Waals surface area contributed by atoms with Crippen molar-refractivity contribution in [3.05, 3.63) is 23.8 Å². The zero-order chi connectivity index (χ0) is 11.1. The average Bonchev–Trinajstić information content (AvgIpc) is 2.91. The van der Waals surface area contributed by atoms with Crippen molar-refractivity contribution in [2.75, 3.05) is 17.6 Å². The Labute approximate surface area is 87.5 Å². The minimum absolute atomic E-state index is 0.0862. The normalized spacial score (nSPS) is 17.5. The van der Waals surface area contributed by atoms with Crippen LogP contribution in [-0.4, -0.2) is 6.54 Å². The van der Waals surface area contributed by atoms with E-state index in [9.17, 15) is 8.78 Å². The van der Waals surface area contributed by atoms with Crippen LogP contribution in [0.5, 0.6) is 0 Å². The van der Waals surface area contributed by atoms with Gasteiger partial charge in [0, 0.05) is 6.54 Å². The van der Waals surface area contributed by atoms with Gasteiger partial charge in [-0.1, -0.05) is 6.92 Å². The summed E-state index contributed by atoms with van der Waals surface area (Å²) >= 11 is 0. The van der Waals surface area contributed by atoms with E-state index in [-0.39, 0.29) is 16.8 Å². The van der Waals surface area contributed by atoms with Crippen molar-refractivity contribution in [1.29, 1.82) is 0 Å². The second kappa shape index (κ2) is 3.36. The third-order valence-electron chi connectivity index (χ3n) is 2.92. The SMILES string of the molecule is CC1(CNc2c(N)ccc(F)c2F)CC1. The number of halogens is 2. The second-order valence-electron chi connectivity index (χ2n) is 4.49. The Kier molecular flexibility index (Phi) is 2.29. The van der Waals surface area contributed by atoms with E-state index in [4.69, 9.17) is 5.73 Å². The molecule has 1 aromatic rings. The van der Waals surface area contributed by atoms with Crippen LogP contribution in [0.4, 0.5) is 20.2 Å². The lowest BCUT2D eigenvalue weighted by molar-refractivity contribution is 0.509. The van der Waals surface area contributed by atoms with Gasteiger partial charge in [0.2, 0.25) is 0 Å². The van der Waals surface area contributed by atoms with E-state index in [0.717, 1.165) is 18.9 Å². The van der Waals surface area contributed by atoms with Crippen LogP contribution in [0.1, 0.15) is 19.8 Å². The van der Waals surface area contributed by atoms with Crippen LogP contribution in [0.25, 0.3) is 0 Å². The molecule has 82 valence electrons. The van der Waals surface area contributed by atoms with Crippen LogP contribution in [0, 0.1) is 17.0 Å². The van der Waals surface area contributed by atoms with Crippen molar-refractivity contribution < 1.29 is 8.78 Å². The van der Waals surface area contributed by atoms with Gasteiger partial charge in [-0.25, -0.2) is 8.78 Å². The smallest absolute Gasteiger partial charge is 0.183 e. The molecule has 1 aliphatic rings. The largest absolute Gasteiger partial charge is 0.397 e. The van der Waals surface area contributed by atoms with Crippen molar-refractivity contribution >= 4 is 11.4 Å². The molecule has 0 aliphatic heterocycles. The number of nitrogen functional groups attached to an aromatic ring is 1. The van der Waals surface area contributed by atoms with E-state index >= 15 is 0 Å². The molecule has 0 radical (unpaired) electrons. The van der Waals surface area contributed by atoms with Gasteiger partial charge in [-0.3, -0.25) is 0 Å². The molecule has 4 heteroatoms. The first-order valence-electron chi connectivity index (χ1n) is 4.99. The highest BCUT2D eigenvalue weighted by Gasteiger charge is 2.37. The zero-order valence-corrected chi connectivity index (χ0v) is 8.61. The molecule has 1 saturated carbocycles. The summed E-state index contributed by atoms with van der Waals surface area (Å²) in [6.45, 7) is 2.74. The Morgan fingerprint density at radius 3 is 2.67 bits per heavy atom. The Hall–Kier alpha value is -1.32. The molecule has 2 rings (SSSR count). The Bertz CT molecular complexity index is 386. The first-order chi connectivity index (χ1) is 7.02. The summed E-state index contributed by atoms with van der Waals surface area (Å²) in [7, 11) is 0. The van der Waals surface area contributed by atoms with Crippen LogP contribution >= 0.6 is 0 Å². The average molecular weight is 212 g/mol. The summed E-state index contributed by atoms with van der Waals surface area (Å²) in [6, 6.07) is 2.41. The van der Waals surface area contributed by atoms with E-state index in [0.29, 0.717) is 6.54 Å². The van der Waals surface area contributed by atoms with Crippen LogP contribution in [0.2, 0.25) is 0 Å². The zero-order valence-electron chi connectivity index (χ0n) is 8.61. The molecule has 0 spiro atoms. The quantitative estimate of drug-likeness (QED) is 0.756. The van der Waals surface area contributed by atoms with Gasteiger partial charge < -0.3 is 11.1 Å². The van der Waals surface area contributed by atoms with Crippen molar-refractivity contribution in [2.45, 2.75) is 19.8 Å². The summed E-state index contributed by atoms with van der Waals surface area (Å²) in [6.07, 6.45) is 2.24. The molecule has 0 atom stereocenters. The van der Waals surface area contributed by atoms with Gasteiger partial charge in [-0.2, -0.15) is 0 Å². The van der Waals surface area contributed by atoms with Crippen molar-refractivity contribution in [2.24, 2.45) is 5.41 Å². The first-order valence-corrected chi connectivity index (χ1v) is 4.99. The maximum atomic E-state index is 13.3.